The molecule has 0 radical (unpaired) electrons. The monoisotopic (exact) mass is 324 g/mol. The fraction of sp³-hybridized carbons (Fsp3) is 0.706. The van der Waals surface area contributed by atoms with Gasteiger partial charge in [0.05, 0.1) is 11.8 Å². The highest BCUT2D eigenvalue weighted by atomic mass is 19.3. The first-order valence-corrected chi connectivity index (χ1v) is 8.41. The molecule has 3 aliphatic rings. The van der Waals surface area contributed by atoms with Crippen molar-refractivity contribution >= 4 is 0 Å². The zero-order valence-corrected chi connectivity index (χ0v) is 13.0. The molecule has 0 unspecified atom stereocenters. The number of alkyl halides is 2. The largest absolute Gasteiger partial charge is 0.472 e. The van der Waals surface area contributed by atoms with Gasteiger partial charge in [-0.1, -0.05) is 12.5 Å². The Morgan fingerprint density at radius 1 is 1.39 bits per heavy atom. The molecular formula is C17H22F2N2O2. The van der Waals surface area contributed by atoms with E-state index in [9.17, 15) is 8.78 Å². The molecule has 2 heterocycles. The number of aromatic nitrogens is 1. The van der Waals surface area contributed by atoms with E-state index in [0.717, 1.165) is 18.7 Å². The lowest BCUT2D eigenvalue weighted by Crippen LogP contribution is -2.70. The van der Waals surface area contributed by atoms with Gasteiger partial charge in [0.25, 0.3) is 6.43 Å². The van der Waals surface area contributed by atoms with Crippen molar-refractivity contribution < 1.29 is 18.3 Å². The Kier molecular flexibility index (Phi) is 3.97. The zero-order valence-electron chi connectivity index (χ0n) is 13.0. The molecule has 0 aromatic carbocycles. The Morgan fingerprint density at radius 3 is 3.00 bits per heavy atom. The van der Waals surface area contributed by atoms with Crippen LogP contribution < -0.4 is 10.1 Å². The van der Waals surface area contributed by atoms with Crippen LogP contribution in [0.15, 0.2) is 18.2 Å². The van der Waals surface area contributed by atoms with Crippen LogP contribution in [-0.4, -0.2) is 36.8 Å². The molecule has 1 saturated heterocycles. The molecule has 1 spiro atoms. The predicted molar refractivity (Wildman–Crippen MR) is 80.5 cm³/mol. The SMILES string of the molecule is FC(F)COc1cccc(CN[C@@H]2[C@H]3CCO[C@H]3C23CCC3)n1. The number of nitrogens with zero attached hydrogens (tertiary/aromatic N) is 1. The van der Waals surface area contributed by atoms with Crippen molar-refractivity contribution in [3.05, 3.63) is 23.9 Å². The lowest BCUT2D eigenvalue weighted by molar-refractivity contribution is -0.176. The van der Waals surface area contributed by atoms with E-state index in [0.29, 0.717) is 30.0 Å². The van der Waals surface area contributed by atoms with Gasteiger partial charge in [-0.3, -0.25) is 0 Å². The number of rotatable bonds is 6. The van der Waals surface area contributed by atoms with Crippen LogP contribution >= 0.6 is 0 Å². The van der Waals surface area contributed by atoms with Crippen LogP contribution in [-0.2, 0) is 11.3 Å². The second-order valence-electron chi connectivity index (χ2n) is 6.86. The topological polar surface area (TPSA) is 43.4 Å². The summed E-state index contributed by atoms with van der Waals surface area (Å²) >= 11 is 0. The van der Waals surface area contributed by atoms with Gasteiger partial charge in [0, 0.05) is 36.6 Å². The standard InChI is InChI=1S/C17H22F2N2O2/c18-13(19)10-23-14-4-1-3-11(21-14)9-20-15-12-5-8-22-16(12)17(15)6-2-7-17/h1,3-4,12-13,15-16,20H,2,5-10H2/t12-,15-,16-/m1/s1. The summed E-state index contributed by atoms with van der Waals surface area (Å²) in [6.45, 7) is 0.905. The Bertz CT molecular complexity index is 565. The number of fused-ring (bicyclic) bond motifs is 2. The summed E-state index contributed by atoms with van der Waals surface area (Å²) in [5.41, 5.74) is 1.17. The second kappa shape index (κ2) is 5.98. The molecule has 3 fully saturated rings. The second-order valence-corrected chi connectivity index (χ2v) is 6.86. The van der Waals surface area contributed by atoms with Gasteiger partial charge in [0.15, 0.2) is 6.61 Å². The summed E-state index contributed by atoms with van der Waals surface area (Å²) in [5, 5.41) is 3.65. The van der Waals surface area contributed by atoms with E-state index in [1.807, 2.05) is 6.07 Å². The molecule has 3 atom stereocenters. The average molecular weight is 324 g/mol. The maximum Gasteiger partial charge on any atom is 0.272 e. The van der Waals surface area contributed by atoms with Crippen molar-refractivity contribution in [2.75, 3.05) is 13.2 Å². The van der Waals surface area contributed by atoms with Crippen LogP contribution in [0.1, 0.15) is 31.4 Å². The minimum absolute atomic E-state index is 0.263. The van der Waals surface area contributed by atoms with Crippen molar-refractivity contribution in [1.82, 2.24) is 10.3 Å². The normalized spacial score (nSPS) is 30.8. The summed E-state index contributed by atoms with van der Waals surface area (Å²) < 4.78 is 35.3. The molecule has 0 amide bonds. The molecule has 126 valence electrons. The van der Waals surface area contributed by atoms with E-state index in [-0.39, 0.29) is 5.88 Å². The highest BCUT2D eigenvalue weighted by Gasteiger charge is 2.66. The Labute approximate surface area is 134 Å². The van der Waals surface area contributed by atoms with E-state index in [1.165, 1.54) is 19.3 Å². The third-order valence-electron chi connectivity index (χ3n) is 5.68. The molecule has 1 aromatic rings. The molecule has 1 N–H and O–H groups in total. The van der Waals surface area contributed by atoms with E-state index in [4.69, 9.17) is 9.47 Å². The third-order valence-corrected chi connectivity index (χ3v) is 5.68. The van der Waals surface area contributed by atoms with Gasteiger partial charge in [0.1, 0.15) is 0 Å². The van der Waals surface area contributed by atoms with Crippen LogP contribution in [0.4, 0.5) is 8.78 Å². The first-order chi connectivity index (χ1) is 11.2. The fourth-order valence-corrected chi connectivity index (χ4v) is 4.56. The zero-order chi connectivity index (χ0) is 15.9. The first-order valence-electron chi connectivity index (χ1n) is 8.41. The van der Waals surface area contributed by atoms with Crippen molar-refractivity contribution in [2.24, 2.45) is 11.3 Å². The number of hydrogen-bond acceptors (Lipinski definition) is 4. The molecule has 4 nitrogen and oxygen atoms in total. The number of halogens is 2. The van der Waals surface area contributed by atoms with Crippen molar-refractivity contribution in [3.63, 3.8) is 0 Å². The molecule has 23 heavy (non-hydrogen) atoms. The summed E-state index contributed by atoms with van der Waals surface area (Å²) in [5.74, 6) is 0.882. The van der Waals surface area contributed by atoms with Crippen molar-refractivity contribution in [1.29, 1.82) is 0 Å². The van der Waals surface area contributed by atoms with E-state index < -0.39 is 13.0 Å². The molecule has 1 aromatic heterocycles. The van der Waals surface area contributed by atoms with Gasteiger partial charge in [-0.2, -0.15) is 0 Å². The van der Waals surface area contributed by atoms with Crippen LogP contribution in [0, 0.1) is 11.3 Å². The minimum Gasteiger partial charge on any atom is -0.472 e. The van der Waals surface area contributed by atoms with Gasteiger partial charge >= 0.3 is 0 Å². The molecule has 2 aliphatic carbocycles. The molecule has 0 bridgehead atoms. The summed E-state index contributed by atoms with van der Waals surface area (Å²) in [6.07, 6.45) is 2.89. The quantitative estimate of drug-likeness (QED) is 0.874. The van der Waals surface area contributed by atoms with Crippen LogP contribution in [0.5, 0.6) is 5.88 Å². The van der Waals surface area contributed by atoms with Gasteiger partial charge in [-0.25, -0.2) is 13.8 Å². The average Bonchev–Trinajstić information content (AvgIpc) is 2.89. The summed E-state index contributed by atoms with van der Waals surface area (Å²) in [4.78, 5) is 4.30. The first kappa shape index (κ1) is 15.3. The molecule has 1 aliphatic heterocycles. The lowest BCUT2D eigenvalue weighted by atomic mass is 9.46. The van der Waals surface area contributed by atoms with Crippen LogP contribution in [0.25, 0.3) is 0 Å². The number of pyridine rings is 1. The Balaban J connectivity index is 1.36. The minimum atomic E-state index is -2.48. The maximum absolute atomic E-state index is 12.2. The van der Waals surface area contributed by atoms with Crippen molar-refractivity contribution in [3.8, 4) is 5.88 Å². The predicted octanol–water partition coefficient (Wildman–Crippen LogP) is 2.77. The molecule has 4 rings (SSSR count). The Morgan fingerprint density at radius 2 is 2.26 bits per heavy atom. The number of ether oxygens (including phenoxy) is 2. The van der Waals surface area contributed by atoms with Crippen LogP contribution in [0.2, 0.25) is 0 Å². The lowest BCUT2D eigenvalue weighted by Gasteiger charge is -2.63. The van der Waals surface area contributed by atoms with Gasteiger partial charge in [-0.05, 0) is 25.3 Å². The van der Waals surface area contributed by atoms with E-state index >= 15 is 0 Å². The smallest absolute Gasteiger partial charge is 0.272 e. The molecular weight excluding hydrogens is 302 g/mol. The Hall–Kier alpha value is -1.27. The maximum atomic E-state index is 12.2. The number of nitrogens with one attached hydrogen (secondary N) is 1. The van der Waals surface area contributed by atoms with E-state index in [1.54, 1.807) is 12.1 Å². The van der Waals surface area contributed by atoms with Gasteiger partial charge < -0.3 is 14.8 Å². The van der Waals surface area contributed by atoms with Crippen molar-refractivity contribution in [2.45, 2.75) is 50.8 Å². The molecule has 6 heteroatoms. The number of hydrogen-bond donors (Lipinski definition) is 1. The molecule has 2 saturated carbocycles. The third kappa shape index (κ3) is 2.62. The van der Waals surface area contributed by atoms with Gasteiger partial charge in [-0.15, -0.1) is 0 Å². The highest BCUT2D eigenvalue weighted by Crippen LogP contribution is 2.62. The highest BCUT2D eigenvalue weighted by molar-refractivity contribution is 5.20. The van der Waals surface area contributed by atoms with Gasteiger partial charge in [0.2, 0.25) is 5.88 Å². The van der Waals surface area contributed by atoms with Crippen LogP contribution in [0.3, 0.4) is 0 Å². The fourth-order valence-electron chi connectivity index (χ4n) is 4.56. The summed E-state index contributed by atoms with van der Waals surface area (Å²) in [6, 6.07) is 5.81. The van der Waals surface area contributed by atoms with E-state index in [2.05, 4.69) is 10.3 Å². The summed E-state index contributed by atoms with van der Waals surface area (Å²) in [7, 11) is 0.